The van der Waals surface area contributed by atoms with Crippen LogP contribution < -0.4 is 9.64 Å². The molecule has 2 unspecified atom stereocenters. The normalized spacial score (nSPS) is 23.7. The first-order chi connectivity index (χ1) is 9.10. The smallest absolute Gasteiger partial charge is 0.247 e. The quantitative estimate of drug-likeness (QED) is 0.874. The maximum Gasteiger partial charge on any atom is 0.247 e. The highest BCUT2D eigenvalue weighted by atomic mass is 16.5. The number of carbonyl (C=O) groups excluding carboxylic acids is 1. The molecule has 0 saturated carbocycles. The highest BCUT2D eigenvalue weighted by Gasteiger charge is 2.37. The predicted octanol–water partition coefficient (Wildman–Crippen LogP) is 0.723. The molecule has 1 amide bonds. The first-order valence-corrected chi connectivity index (χ1v) is 6.37. The Hall–Kier alpha value is -1.75. The van der Waals surface area contributed by atoms with Crippen LogP contribution in [-0.4, -0.2) is 55.3 Å². The number of hydrogen-bond acceptors (Lipinski definition) is 4. The zero-order valence-electron chi connectivity index (χ0n) is 11.5. The Morgan fingerprint density at radius 3 is 2.74 bits per heavy atom. The van der Waals surface area contributed by atoms with Crippen molar-refractivity contribution < 1.29 is 14.6 Å². The van der Waals surface area contributed by atoms with Gasteiger partial charge in [0.15, 0.2) is 0 Å². The van der Waals surface area contributed by atoms with Crippen molar-refractivity contribution in [2.45, 2.75) is 19.0 Å². The van der Waals surface area contributed by atoms with Gasteiger partial charge in [0, 0.05) is 19.6 Å². The lowest BCUT2D eigenvalue weighted by molar-refractivity contribution is -0.136. The number of methoxy groups -OCH3 is 1. The Balaban J connectivity index is 2.39. The van der Waals surface area contributed by atoms with E-state index in [1.54, 1.807) is 19.1 Å². The van der Waals surface area contributed by atoms with Crippen LogP contribution in [0, 0.1) is 0 Å². The Morgan fingerprint density at radius 2 is 2.11 bits per heavy atom. The molecular formula is C14H20N2O3. The fourth-order valence-electron chi connectivity index (χ4n) is 2.43. The van der Waals surface area contributed by atoms with Gasteiger partial charge in [-0.1, -0.05) is 12.1 Å². The molecule has 1 aromatic carbocycles. The van der Waals surface area contributed by atoms with Gasteiger partial charge in [0.2, 0.25) is 5.91 Å². The van der Waals surface area contributed by atoms with Crippen LogP contribution in [0.4, 0.5) is 5.69 Å². The van der Waals surface area contributed by atoms with Crippen LogP contribution in [0.3, 0.4) is 0 Å². The number of anilines is 1. The van der Waals surface area contributed by atoms with Gasteiger partial charge < -0.3 is 19.6 Å². The molecule has 1 heterocycles. The molecule has 1 N–H and O–H groups in total. The minimum absolute atomic E-state index is 0.0628. The summed E-state index contributed by atoms with van der Waals surface area (Å²) in [6, 6.07) is 7.11. The number of benzene rings is 1. The van der Waals surface area contributed by atoms with Crippen LogP contribution in [0.1, 0.15) is 6.92 Å². The molecule has 19 heavy (non-hydrogen) atoms. The van der Waals surface area contributed by atoms with Crippen LogP contribution in [0.5, 0.6) is 5.75 Å². The molecule has 5 heteroatoms. The molecule has 1 aliphatic heterocycles. The number of rotatable bonds is 3. The number of nitrogens with zero attached hydrogens (tertiary/aromatic N) is 2. The summed E-state index contributed by atoms with van der Waals surface area (Å²) in [6.07, 6.45) is 0. The highest BCUT2D eigenvalue weighted by molar-refractivity contribution is 5.87. The lowest BCUT2D eigenvalue weighted by atomic mass is 10.1. The number of likely N-dealkylation sites (N-methyl/N-ethyl adjacent to an activating group) is 1. The van der Waals surface area contributed by atoms with E-state index in [1.165, 1.54) is 0 Å². The van der Waals surface area contributed by atoms with E-state index in [4.69, 9.17) is 4.74 Å². The summed E-state index contributed by atoms with van der Waals surface area (Å²) in [4.78, 5) is 15.8. The highest BCUT2D eigenvalue weighted by Crippen LogP contribution is 2.31. The Kier molecular flexibility index (Phi) is 3.95. The zero-order chi connectivity index (χ0) is 14.0. The number of hydrogen-bond donors (Lipinski definition) is 1. The van der Waals surface area contributed by atoms with E-state index >= 15 is 0 Å². The maximum absolute atomic E-state index is 12.2. The average molecular weight is 264 g/mol. The molecule has 0 aliphatic carbocycles. The number of carbonyl (C=O) groups is 1. The second-order valence-electron chi connectivity index (χ2n) is 4.82. The summed E-state index contributed by atoms with van der Waals surface area (Å²) in [5.74, 6) is 0.651. The molecule has 1 fully saturated rings. The molecule has 5 nitrogen and oxygen atoms in total. The molecule has 0 spiro atoms. The maximum atomic E-state index is 12.2. The van der Waals surface area contributed by atoms with E-state index < -0.39 is 6.04 Å². The minimum atomic E-state index is -0.544. The van der Waals surface area contributed by atoms with Crippen molar-refractivity contribution in [1.82, 2.24) is 4.90 Å². The van der Waals surface area contributed by atoms with Crippen LogP contribution in [0.2, 0.25) is 0 Å². The second-order valence-corrected chi connectivity index (χ2v) is 4.82. The number of para-hydroxylation sites is 2. The minimum Gasteiger partial charge on any atom is -0.495 e. The summed E-state index contributed by atoms with van der Waals surface area (Å²) < 4.78 is 5.34. The Morgan fingerprint density at radius 1 is 1.42 bits per heavy atom. The van der Waals surface area contributed by atoms with Crippen molar-refractivity contribution in [3.05, 3.63) is 24.3 Å². The third kappa shape index (κ3) is 2.38. The first kappa shape index (κ1) is 13.7. The number of piperazine rings is 1. The summed E-state index contributed by atoms with van der Waals surface area (Å²) in [5.41, 5.74) is 0.845. The fraction of sp³-hybridized carbons (Fsp3) is 0.500. The van der Waals surface area contributed by atoms with Crippen molar-refractivity contribution in [3.63, 3.8) is 0 Å². The lowest BCUT2D eigenvalue weighted by Crippen LogP contribution is -2.61. The van der Waals surface area contributed by atoms with E-state index in [1.807, 2.05) is 36.1 Å². The summed E-state index contributed by atoms with van der Waals surface area (Å²) in [7, 11) is 3.38. The average Bonchev–Trinajstić information content (AvgIpc) is 2.44. The molecule has 2 atom stereocenters. The van der Waals surface area contributed by atoms with Crippen LogP contribution in [-0.2, 0) is 4.79 Å². The fourth-order valence-corrected chi connectivity index (χ4v) is 2.43. The van der Waals surface area contributed by atoms with Gasteiger partial charge in [0.25, 0.3) is 0 Å². The topological polar surface area (TPSA) is 53.0 Å². The number of amides is 1. The van der Waals surface area contributed by atoms with Gasteiger partial charge in [0.1, 0.15) is 11.8 Å². The number of ether oxygens (including phenoxy) is 1. The summed E-state index contributed by atoms with van der Waals surface area (Å²) in [5, 5.41) is 9.53. The van der Waals surface area contributed by atoms with E-state index in [2.05, 4.69) is 0 Å². The molecule has 0 aromatic heterocycles. The number of aliphatic hydroxyl groups is 1. The molecule has 1 saturated heterocycles. The van der Waals surface area contributed by atoms with Gasteiger partial charge in [0.05, 0.1) is 19.4 Å². The molecule has 2 rings (SSSR count). The van der Waals surface area contributed by atoms with Gasteiger partial charge in [-0.2, -0.15) is 0 Å². The van der Waals surface area contributed by atoms with Gasteiger partial charge in [-0.3, -0.25) is 4.79 Å². The predicted molar refractivity (Wildman–Crippen MR) is 73.4 cm³/mol. The third-order valence-corrected chi connectivity index (χ3v) is 3.70. The van der Waals surface area contributed by atoms with Gasteiger partial charge in [-0.05, 0) is 19.1 Å². The zero-order valence-corrected chi connectivity index (χ0v) is 11.5. The number of aliphatic hydroxyl groups excluding tert-OH is 1. The molecule has 1 aliphatic rings. The largest absolute Gasteiger partial charge is 0.495 e. The van der Waals surface area contributed by atoms with Gasteiger partial charge in [-0.25, -0.2) is 0 Å². The molecular weight excluding hydrogens is 244 g/mol. The van der Waals surface area contributed by atoms with E-state index in [-0.39, 0.29) is 18.6 Å². The molecule has 0 radical (unpaired) electrons. The SMILES string of the molecule is COc1ccccc1N1CC(C)N(C)C(=O)C1CO. The van der Waals surface area contributed by atoms with Crippen molar-refractivity contribution >= 4 is 11.6 Å². The lowest BCUT2D eigenvalue weighted by Gasteiger charge is -2.43. The first-order valence-electron chi connectivity index (χ1n) is 6.37. The van der Waals surface area contributed by atoms with Gasteiger partial charge >= 0.3 is 0 Å². The Bertz CT molecular complexity index is 464. The van der Waals surface area contributed by atoms with Crippen molar-refractivity contribution in [1.29, 1.82) is 0 Å². The molecule has 0 bridgehead atoms. The van der Waals surface area contributed by atoms with E-state index in [0.29, 0.717) is 12.3 Å². The van der Waals surface area contributed by atoms with E-state index in [9.17, 15) is 9.90 Å². The van der Waals surface area contributed by atoms with Crippen LogP contribution in [0.25, 0.3) is 0 Å². The molecule has 1 aromatic rings. The summed E-state index contributed by atoms with van der Waals surface area (Å²) >= 11 is 0. The van der Waals surface area contributed by atoms with Gasteiger partial charge in [-0.15, -0.1) is 0 Å². The van der Waals surface area contributed by atoms with E-state index in [0.717, 1.165) is 5.69 Å². The van der Waals surface area contributed by atoms with Crippen LogP contribution in [0.15, 0.2) is 24.3 Å². The Labute approximate surface area is 113 Å². The monoisotopic (exact) mass is 264 g/mol. The molecule has 104 valence electrons. The standard InChI is InChI=1S/C14H20N2O3/c1-10-8-16(12(9-17)14(18)15(10)2)11-6-4-5-7-13(11)19-3/h4-7,10,12,17H,8-9H2,1-3H3. The summed E-state index contributed by atoms with van der Waals surface area (Å²) in [6.45, 7) is 2.47. The second kappa shape index (κ2) is 5.48. The van der Waals surface area contributed by atoms with Crippen molar-refractivity contribution in [2.24, 2.45) is 0 Å². The van der Waals surface area contributed by atoms with Crippen molar-refractivity contribution in [2.75, 3.05) is 32.2 Å². The third-order valence-electron chi connectivity index (χ3n) is 3.70. The van der Waals surface area contributed by atoms with Crippen molar-refractivity contribution in [3.8, 4) is 5.75 Å². The van der Waals surface area contributed by atoms with Crippen LogP contribution >= 0.6 is 0 Å².